The van der Waals surface area contributed by atoms with Gasteiger partial charge in [-0.25, -0.2) is 4.79 Å². The van der Waals surface area contributed by atoms with E-state index in [1.807, 2.05) is 39.2 Å². The summed E-state index contributed by atoms with van der Waals surface area (Å²) in [5.41, 5.74) is 2.56. The van der Waals surface area contributed by atoms with E-state index in [2.05, 4.69) is 5.32 Å². The Morgan fingerprint density at radius 1 is 1.35 bits per heavy atom. The van der Waals surface area contributed by atoms with E-state index in [1.165, 1.54) is 0 Å². The summed E-state index contributed by atoms with van der Waals surface area (Å²) < 4.78 is 0. The fraction of sp³-hybridized carbons (Fsp3) is 0.467. The number of hydrogen-bond donors (Lipinski definition) is 2. The highest BCUT2D eigenvalue weighted by Gasteiger charge is 2.24. The van der Waals surface area contributed by atoms with E-state index in [0.29, 0.717) is 12.0 Å². The van der Waals surface area contributed by atoms with Crippen LogP contribution in [0.1, 0.15) is 36.1 Å². The molecular weight excluding hydrogens is 274 g/mol. The first-order valence-electron chi connectivity index (χ1n) is 6.47. The minimum Gasteiger partial charge on any atom is -0.479 e. The van der Waals surface area contributed by atoms with Crippen molar-refractivity contribution < 1.29 is 14.7 Å². The number of nitrogens with one attached hydrogen (secondary N) is 1. The van der Waals surface area contributed by atoms with Crippen LogP contribution >= 0.6 is 11.8 Å². The Kier molecular flexibility index (Phi) is 6.07. The van der Waals surface area contributed by atoms with Crippen molar-refractivity contribution in [2.75, 3.05) is 6.26 Å². The highest BCUT2D eigenvalue weighted by molar-refractivity contribution is 7.99. The van der Waals surface area contributed by atoms with E-state index in [0.717, 1.165) is 11.1 Å². The number of benzene rings is 1. The van der Waals surface area contributed by atoms with Gasteiger partial charge in [0.05, 0.1) is 0 Å². The molecule has 0 saturated heterocycles. The summed E-state index contributed by atoms with van der Waals surface area (Å²) in [5, 5.41) is 12.1. The van der Waals surface area contributed by atoms with Gasteiger partial charge in [0.15, 0.2) is 6.04 Å². The zero-order chi connectivity index (χ0) is 15.3. The van der Waals surface area contributed by atoms with E-state index >= 15 is 0 Å². The third-order valence-electron chi connectivity index (χ3n) is 3.39. The molecule has 1 aromatic carbocycles. The molecule has 1 rings (SSSR count). The van der Waals surface area contributed by atoms with Gasteiger partial charge in [-0.15, -0.1) is 0 Å². The maximum Gasteiger partial charge on any atom is 0.330 e. The fourth-order valence-corrected chi connectivity index (χ4v) is 2.24. The lowest BCUT2D eigenvalue weighted by Crippen LogP contribution is -2.35. The molecule has 4 nitrogen and oxygen atoms in total. The molecule has 0 radical (unpaired) electrons. The molecule has 2 atom stereocenters. The molecule has 0 aliphatic rings. The summed E-state index contributed by atoms with van der Waals surface area (Å²) in [6.07, 6.45) is 2.24. The molecule has 110 valence electrons. The molecule has 0 aromatic heterocycles. The molecule has 0 fully saturated rings. The molecule has 20 heavy (non-hydrogen) atoms. The van der Waals surface area contributed by atoms with Crippen LogP contribution in [0.15, 0.2) is 18.2 Å². The summed E-state index contributed by atoms with van der Waals surface area (Å²) in [7, 11) is 0. The SMILES string of the molecule is CSC(C)CC(=O)NC(C(=O)O)c1cccc(C)c1C. The lowest BCUT2D eigenvalue weighted by atomic mass is 9.97. The van der Waals surface area contributed by atoms with Crippen molar-refractivity contribution in [2.45, 2.75) is 38.5 Å². The molecule has 2 N–H and O–H groups in total. The minimum absolute atomic E-state index is 0.169. The zero-order valence-electron chi connectivity index (χ0n) is 12.3. The van der Waals surface area contributed by atoms with E-state index in [9.17, 15) is 14.7 Å². The normalized spacial score (nSPS) is 13.6. The highest BCUT2D eigenvalue weighted by Crippen LogP contribution is 2.21. The number of rotatable bonds is 6. The van der Waals surface area contributed by atoms with Crippen LogP contribution in [-0.4, -0.2) is 28.5 Å². The Morgan fingerprint density at radius 2 is 2.00 bits per heavy atom. The predicted octanol–water partition coefficient (Wildman–Crippen LogP) is 2.69. The smallest absolute Gasteiger partial charge is 0.330 e. The largest absolute Gasteiger partial charge is 0.479 e. The van der Waals surface area contributed by atoms with Crippen molar-refractivity contribution in [3.05, 3.63) is 34.9 Å². The Hall–Kier alpha value is -1.49. The Morgan fingerprint density at radius 3 is 2.55 bits per heavy atom. The van der Waals surface area contributed by atoms with E-state index in [-0.39, 0.29) is 11.2 Å². The fourth-order valence-electron chi connectivity index (χ4n) is 1.92. The number of thioether (sulfide) groups is 1. The number of aryl methyl sites for hydroxylation is 1. The second kappa shape index (κ2) is 7.33. The summed E-state index contributed by atoms with van der Waals surface area (Å²) >= 11 is 1.58. The van der Waals surface area contributed by atoms with Crippen molar-refractivity contribution in [3.63, 3.8) is 0 Å². The van der Waals surface area contributed by atoms with E-state index < -0.39 is 12.0 Å². The number of carbonyl (C=O) groups is 2. The Bertz CT molecular complexity index is 502. The molecule has 0 aliphatic heterocycles. The molecule has 2 unspecified atom stereocenters. The number of amides is 1. The van der Waals surface area contributed by atoms with Gasteiger partial charge in [0.25, 0.3) is 0 Å². The van der Waals surface area contributed by atoms with Crippen LogP contribution in [0.5, 0.6) is 0 Å². The zero-order valence-corrected chi connectivity index (χ0v) is 13.1. The molecule has 5 heteroatoms. The average Bonchev–Trinajstić information content (AvgIpc) is 2.39. The van der Waals surface area contributed by atoms with Crippen molar-refractivity contribution >= 4 is 23.6 Å². The molecule has 0 saturated carbocycles. The summed E-state index contributed by atoms with van der Waals surface area (Å²) in [5.74, 6) is -1.27. The molecule has 1 aromatic rings. The molecule has 0 bridgehead atoms. The molecule has 0 aliphatic carbocycles. The van der Waals surface area contributed by atoms with Crippen LogP contribution in [-0.2, 0) is 9.59 Å². The number of carboxylic acid groups (broad SMARTS) is 1. The topological polar surface area (TPSA) is 66.4 Å². The number of aliphatic carboxylic acids is 1. The van der Waals surface area contributed by atoms with Crippen molar-refractivity contribution in [1.29, 1.82) is 0 Å². The monoisotopic (exact) mass is 295 g/mol. The molecular formula is C15H21NO3S. The second-order valence-corrected chi connectivity index (χ2v) is 6.15. The lowest BCUT2D eigenvalue weighted by molar-refractivity contribution is -0.142. The molecule has 1 amide bonds. The van der Waals surface area contributed by atoms with Crippen molar-refractivity contribution in [3.8, 4) is 0 Å². The molecule has 0 spiro atoms. The predicted molar refractivity (Wildman–Crippen MR) is 82.0 cm³/mol. The van der Waals surface area contributed by atoms with Gasteiger partial charge in [0, 0.05) is 11.7 Å². The van der Waals surface area contributed by atoms with E-state index in [4.69, 9.17) is 0 Å². The summed E-state index contributed by atoms with van der Waals surface area (Å²) in [4.78, 5) is 23.3. The minimum atomic E-state index is -1.04. The average molecular weight is 295 g/mol. The number of hydrogen-bond acceptors (Lipinski definition) is 3. The third kappa shape index (κ3) is 4.27. The van der Waals surface area contributed by atoms with Crippen molar-refractivity contribution in [2.24, 2.45) is 0 Å². The van der Waals surface area contributed by atoms with Crippen LogP contribution in [0.3, 0.4) is 0 Å². The lowest BCUT2D eigenvalue weighted by Gasteiger charge is -2.19. The first-order valence-corrected chi connectivity index (χ1v) is 7.76. The van der Waals surface area contributed by atoms with Crippen molar-refractivity contribution in [1.82, 2.24) is 5.32 Å². The quantitative estimate of drug-likeness (QED) is 0.847. The summed E-state index contributed by atoms with van der Waals surface area (Å²) in [6.45, 7) is 5.74. The van der Waals surface area contributed by atoms with E-state index in [1.54, 1.807) is 17.8 Å². The first-order chi connectivity index (χ1) is 9.36. The van der Waals surface area contributed by atoms with Gasteiger partial charge in [-0.3, -0.25) is 4.79 Å². The second-order valence-electron chi connectivity index (χ2n) is 4.88. The van der Waals surface area contributed by atoms with Gasteiger partial charge in [0.1, 0.15) is 0 Å². The van der Waals surface area contributed by atoms with Crippen LogP contribution < -0.4 is 5.32 Å². The maximum atomic E-state index is 11.9. The summed E-state index contributed by atoms with van der Waals surface area (Å²) in [6, 6.07) is 4.50. The maximum absolute atomic E-state index is 11.9. The van der Waals surface area contributed by atoms with Gasteiger partial charge in [-0.05, 0) is 36.8 Å². The standard InChI is InChI=1S/C15H21NO3S/c1-9-6-5-7-12(11(9)3)14(15(18)19)16-13(17)8-10(2)20-4/h5-7,10,14H,8H2,1-4H3,(H,16,17)(H,18,19). The van der Waals surface area contributed by atoms with Gasteiger partial charge in [-0.2, -0.15) is 11.8 Å². The Labute approximate surface area is 124 Å². The number of carboxylic acids is 1. The van der Waals surface area contributed by atoms with Crippen LogP contribution in [0.2, 0.25) is 0 Å². The Balaban J connectivity index is 2.93. The van der Waals surface area contributed by atoms with Gasteiger partial charge >= 0.3 is 5.97 Å². The molecule has 0 heterocycles. The van der Waals surface area contributed by atoms with Crippen LogP contribution in [0, 0.1) is 13.8 Å². The third-order valence-corrected chi connectivity index (χ3v) is 4.36. The van der Waals surface area contributed by atoms with Gasteiger partial charge in [0.2, 0.25) is 5.91 Å². The van der Waals surface area contributed by atoms with Crippen LogP contribution in [0.4, 0.5) is 0 Å². The van der Waals surface area contributed by atoms with Gasteiger partial charge in [-0.1, -0.05) is 25.1 Å². The highest BCUT2D eigenvalue weighted by atomic mass is 32.2. The van der Waals surface area contributed by atoms with Gasteiger partial charge < -0.3 is 10.4 Å². The number of carbonyl (C=O) groups excluding carboxylic acids is 1. The first kappa shape index (κ1) is 16.6. The van der Waals surface area contributed by atoms with Crippen LogP contribution in [0.25, 0.3) is 0 Å².